The lowest BCUT2D eigenvalue weighted by Crippen LogP contribution is -2.05. The molecular weight excluding hydrogens is 308 g/mol. The molecule has 2 aliphatic rings. The summed E-state index contributed by atoms with van der Waals surface area (Å²) in [6.45, 7) is 4.57. The topological polar surface area (TPSA) is 27.1 Å². The summed E-state index contributed by atoms with van der Waals surface area (Å²) >= 11 is 0. The second kappa shape index (κ2) is 6.07. The lowest BCUT2D eigenvalue weighted by molar-refractivity contribution is 0.415. The Morgan fingerprint density at radius 2 is 1.88 bits per heavy atom. The molecule has 0 aromatic heterocycles. The summed E-state index contributed by atoms with van der Waals surface area (Å²) in [4.78, 5) is 4.93. The van der Waals surface area contributed by atoms with Crippen molar-refractivity contribution < 1.29 is 4.74 Å². The van der Waals surface area contributed by atoms with E-state index in [1.807, 2.05) is 0 Å². The van der Waals surface area contributed by atoms with Gasteiger partial charge in [0.2, 0.25) is 0 Å². The Kier molecular flexibility index (Phi) is 3.87. The SMILES string of the molecule is COc1ccc2c(CCC(C)C)c3c4ccccc4nc-3n(C)c2c1. The molecular formula is C22H24N2O. The first-order valence-corrected chi connectivity index (χ1v) is 8.94. The van der Waals surface area contributed by atoms with E-state index in [-0.39, 0.29) is 0 Å². The molecule has 0 amide bonds. The number of ether oxygens (including phenoxy) is 1. The van der Waals surface area contributed by atoms with E-state index in [0.717, 1.165) is 23.5 Å². The molecule has 3 heteroatoms. The Morgan fingerprint density at radius 3 is 2.64 bits per heavy atom. The predicted octanol–water partition coefficient (Wildman–Crippen LogP) is 5.43. The van der Waals surface area contributed by atoms with Gasteiger partial charge in [-0.2, -0.15) is 0 Å². The van der Waals surface area contributed by atoms with Gasteiger partial charge in [0.05, 0.1) is 18.1 Å². The Bertz CT molecular complexity index is 1030. The van der Waals surface area contributed by atoms with Crippen molar-refractivity contribution in [3.8, 4) is 17.1 Å². The van der Waals surface area contributed by atoms with E-state index < -0.39 is 0 Å². The second-order valence-electron chi connectivity index (χ2n) is 7.18. The largest absolute Gasteiger partial charge is 0.497 e. The van der Waals surface area contributed by atoms with Gasteiger partial charge < -0.3 is 9.30 Å². The zero-order valence-corrected chi connectivity index (χ0v) is 15.3. The van der Waals surface area contributed by atoms with Crippen molar-refractivity contribution in [3.05, 3.63) is 48.0 Å². The number of hydrogen-bond donors (Lipinski definition) is 0. The molecule has 0 bridgehead atoms. The molecule has 2 heterocycles. The van der Waals surface area contributed by atoms with Crippen LogP contribution in [0.25, 0.3) is 33.2 Å². The highest BCUT2D eigenvalue weighted by molar-refractivity contribution is 6.04. The molecule has 0 saturated carbocycles. The maximum Gasteiger partial charge on any atom is 0.141 e. The van der Waals surface area contributed by atoms with Crippen LogP contribution in [0.5, 0.6) is 5.75 Å². The summed E-state index contributed by atoms with van der Waals surface area (Å²) in [6.07, 6.45) is 2.23. The number of fused-ring (bicyclic) bond motifs is 4. The number of pyridine rings is 1. The first-order valence-electron chi connectivity index (χ1n) is 8.94. The van der Waals surface area contributed by atoms with E-state index in [1.165, 1.54) is 33.8 Å². The smallest absolute Gasteiger partial charge is 0.141 e. The molecule has 0 saturated heterocycles. The van der Waals surface area contributed by atoms with Crippen LogP contribution >= 0.6 is 0 Å². The molecule has 0 N–H and O–H groups in total. The van der Waals surface area contributed by atoms with Crippen molar-refractivity contribution in [2.75, 3.05) is 7.11 Å². The number of rotatable bonds is 4. The van der Waals surface area contributed by atoms with Crippen molar-refractivity contribution >= 4 is 21.8 Å². The quantitative estimate of drug-likeness (QED) is 0.498. The van der Waals surface area contributed by atoms with E-state index >= 15 is 0 Å². The number of aryl methyl sites for hydroxylation is 2. The van der Waals surface area contributed by atoms with E-state index in [1.54, 1.807) is 7.11 Å². The normalized spacial score (nSPS) is 11.9. The molecule has 0 spiro atoms. The Balaban J connectivity index is 2.12. The van der Waals surface area contributed by atoms with Crippen LogP contribution in [0.15, 0.2) is 42.5 Å². The molecule has 25 heavy (non-hydrogen) atoms. The predicted molar refractivity (Wildman–Crippen MR) is 105 cm³/mol. The van der Waals surface area contributed by atoms with E-state index in [2.05, 4.69) is 67.9 Å². The van der Waals surface area contributed by atoms with Gasteiger partial charge in [-0.1, -0.05) is 32.0 Å². The summed E-state index contributed by atoms with van der Waals surface area (Å²) in [5.41, 5.74) is 4.96. The second-order valence-corrected chi connectivity index (χ2v) is 7.18. The van der Waals surface area contributed by atoms with Gasteiger partial charge in [-0.25, -0.2) is 4.98 Å². The van der Waals surface area contributed by atoms with Gasteiger partial charge in [-0.15, -0.1) is 0 Å². The van der Waals surface area contributed by atoms with Gasteiger partial charge >= 0.3 is 0 Å². The third-order valence-corrected chi connectivity index (χ3v) is 5.11. The van der Waals surface area contributed by atoms with Crippen LogP contribution in [-0.2, 0) is 13.5 Å². The Labute approximate surface area is 148 Å². The highest BCUT2D eigenvalue weighted by Crippen LogP contribution is 2.40. The zero-order chi connectivity index (χ0) is 17.6. The van der Waals surface area contributed by atoms with E-state index in [4.69, 9.17) is 9.72 Å². The summed E-state index contributed by atoms with van der Waals surface area (Å²) in [5.74, 6) is 2.61. The summed E-state index contributed by atoms with van der Waals surface area (Å²) in [7, 11) is 3.82. The van der Waals surface area contributed by atoms with Gasteiger partial charge in [0.25, 0.3) is 0 Å². The third kappa shape index (κ3) is 2.55. The third-order valence-electron chi connectivity index (χ3n) is 5.11. The van der Waals surface area contributed by atoms with Crippen LogP contribution in [0, 0.1) is 5.92 Å². The molecule has 4 rings (SSSR count). The number of benzene rings is 2. The molecule has 0 unspecified atom stereocenters. The average molecular weight is 332 g/mol. The van der Waals surface area contributed by atoms with Crippen molar-refractivity contribution in [3.63, 3.8) is 0 Å². The minimum atomic E-state index is 0.673. The fourth-order valence-electron chi connectivity index (χ4n) is 3.73. The summed E-state index contributed by atoms with van der Waals surface area (Å²) in [5, 5.41) is 2.55. The number of nitrogens with zero attached hydrogens (tertiary/aromatic N) is 2. The molecule has 0 radical (unpaired) electrons. The van der Waals surface area contributed by atoms with Crippen molar-refractivity contribution in [2.45, 2.75) is 26.7 Å². The van der Waals surface area contributed by atoms with Crippen LogP contribution in [0.3, 0.4) is 0 Å². The first-order chi connectivity index (χ1) is 12.1. The van der Waals surface area contributed by atoms with Crippen LogP contribution < -0.4 is 4.74 Å². The van der Waals surface area contributed by atoms with E-state index in [0.29, 0.717) is 5.92 Å². The van der Waals surface area contributed by atoms with Crippen LogP contribution in [0.4, 0.5) is 0 Å². The van der Waals surface area contributed by atoms with Crippen molar-refractivity contribution in [1.82, 2.24) is 9.55 Å². The standard InChI is InChI=1S/C22H24N2O/c1-14(2)9-11-17-16-12-10-15(25-4)13-20(16)24(3)22-21(17)18-7-5-6-8-19(18)23-22/h5-8,10,12-14H,9,11H2,1-4H3. The fourth-order valence-corrected chi connectivity index (χ4v) is 3.73. The average Bonchev–Trinajstić information content (AvgIpc) is 3.01. The lowest BCUT2D eigenvalue weighted by Gasteiger charge is -2.19. The minimum absolute atomic E-state index is 0.673. The number of hydrogen-bond acceptors (Lipinski definition) is 2. The highest BCUT2D eigenvalue weighted by Gasteiger charge is 2.22. The zero-order valence-electron chi connectivity index (χ0n) is 15.3. The van der Waals surface area contributed by atoms with Crippen molar-refractivity contribution in [1.29, 1.82) is 0 Å². The Hall–Kier alpha value is -2.55. The molecule has 3 nitrogen and oxygen atoms in total. The molecule has 2 aliphatic heterocycles. The highest BCUT2D eigenvalue weighted by atomic mass is 16.5. The molecule has 128 valence electrons. The first kappa shape index (κ1) is 15.9. The maximum atomic E-state index is 5.45. The van der Waals surface area contributed by atoms with Crippen LogP contribution in [-0.4, -0.2) is 16.7 Å². The van der Waals surface area contributed by atoms with Crippen molar-refractivity contribution in [2.24, 2.45) is 13.0 Å². The number of methoxy groups -OCH3 is 1. The monoisotopic (exact) mass is 332 g/mol. The lowest BCUT2D eigenvalue weighted by atomic mass is 9.93. The number of aromatic nitrogens is 2. The number of para-hydroxylation sites is 1. The van der Waals surface area contributed by atoms with Gasteiger partial charge in [-0.3, -0.25) is 0 Å². The molecule has 2 aromatic carbocycles. The molecule has 0 fully saturated rings. The summed E-state index contributed by atoms with van der Waals surface area (Å²) < 4.78 is 7.65. The molecule has 0 aliphatic carbocycles. The fraction of sp³-hybridized carbons (Fsp3) is 0.318. The minimum Gasteiger partial charge on any atom is -0.497 e. The van der Waals surface area contributed by atoms with Gasteiger partial charge in [-0.05, 0) is 42.5 Å². The molecule has 0 atom stereocenters. The van der Waals surface area contributed by atoms with Gasteiger partial charge in [0, 0.05) is 29.4 Å². The van der Waals surface area contributed by atoms with Crippen LogP contribution in [0.2, 0.25) is 0 Å². The van der Waals surface area contributed by atoms with Crippen LogP contribution in [0.1, 0.15) is 25.8 Å². The van der Waals surface area contributed by atoms with Gasteiger partial charge in [0.15, 0.2) is 0 Å². The molecule has 2 aromatic rings. The maximum absolute atomic E-state index is 5.45. The Morgan fingerprint density at radius 1 is 1.08 bits per heavy atom. The van der Waals surface area contributed by atoms with E-state index in [9.17, 15) is 0 Å². The summed E-state index contributed by atoms with van der Waals surface area (Å²) in [6, 6.07) is 14.8. The van der Waals surface area contributed by atoms with Gasteiger partial charge in [0.1, 0.15) is 11.6 Å².